The van der Waals surface area contributed by atoms with Gasteiger partial charge in [-0.15, -0.1) is 0 Å². The Labute approximate surface area is 136 Å². The maximum Gasteiger partial charge on any atom is 0.169 e. The van der Waals surface area contributed by atoms with E-state index in [1.807, 2.05) is 36.0 Å². The van der Waals surface area contributed by atoms with Crippen LogP contribution in [0, 0.1) is 0 Å². The summed E-state index contributed by atoms with van der Waals surface area (Å²) < 4.78 is 32.8. The van der Waals surface area contributed by atoms with Crippen LogP contribution in [0.15, 0.2) is 71.9 Å². The Bertz CT molecular complexity index is 766. The fourth-order valence-corrected chi connectivity index (χ4v) is 2.19. The van der Waals surface area contributed by atoms with Crippen molar-refractivity contribution in [1.29, 1.82) is 0 Å². The van der Waals surface area contributed by atoms with E-state index < -0.39 is 10.1 Å². The van der Waals surface area contributed by atoms with E-state index in [0.717, 1.165) is 17.7 Å². The highest BCUT2D eigenvalue weighted by Gasteiger charge is 2.03. The third kappa shape index (κ3) is 6.99. The highest BCUT2D eigenvalue weighted by molar-refractivity contribution is 7.85. The molecule has 5 nitrogen and oxygen atoms in total. The van der Waals surface area contributed by atoms with Crippen molar-refractivity contribution in [2.24, 2.45) is 0 Å². The van der Waals surface area contributed by atoms with Gasteiger partial charge in [-0.25, -0.2) is 13.0 Å². The number of carbonyl (C=O) groups is 1. The minimum atomic E-state index is -4.25. The lowest BCUT2D eigenvalue weighted by atomic mass is 10.2. The largest absolute Gasteiger partial charge is 0.744 e. The van der Waals surface area contributed by atoms with Crippen LogP contribution in [0.1, 0.15) is 24.2 Å². The fraction of sp³-hybridized carbons (Fsp3) is 0.176. The van der Waals surface area contributed by atoms with Gasteiger partial charge >= 0.3 is 0 Å². The van der Waals surface area contributed by atoms with Crippen molar-refractivity contribution in [3.63, 3.8) is 0 Å². The first kappa shape index (κ1) is 18.7. The lowest BCUT2D eigenvalue weighted by Crippen LogP contribution is -2.33. The Morgan fingerprint density at radius 2 is 1.61 bits per heavy atom. The molecule has 0 aliphatic heterocycles. The van der Waals surface area contributed by atoms with Crippen LogP contribution in [0.3, 0.4) is 0 Å². The summed E-state index contributed by atoms with van der Waals surface area (Å²) in [7, 11) is -4.25. The van der Waals surface area contributed by atoms with Gasteiger partial charge in [0.2, 0.25) is 0 Å². The van der Waals surface area contributed by atoms with Crippen LogP contribution in [0.4, 0.5) is 0 Å². The second-order valence-electron chi connectivity index (χ2n) is 5.04. The Morgan fingerprint density at radius 3 is 1.96 bits per heavy atom. The topological polar surface area (TPSA) is 78.1 Å². The summed E-state index contributed by atoms with van der Waals surface area (Å²) in [6.45, 7) is 8.17. The second kappa shape index (κ2) is 8.36. The van der Waals surface area contributed by atoms with E-state index in [0.29, 0.717) is 0 Å². The van der Waals surface area contributed by atoms with Crippen LogP contribution in [0.2, 0.25) is 0 Å². The van der Waals surface area contributed by atoms with E-state index in [1.165, 1.54) is 24.3 Å². The molecule has 0 aliphatic carbocycles. The van der Waals surface area contributed by atoms with Crippen LogP contribution in [-0.4, -0.2) is 18.8 Å². The Hall–Kier alpha value is -2.31. The standard InChI is InChI=1S/C11H14NO.C6H6O3S/c1-9(2)8-12-6-4-11(5-7-12)10(3)13;7-10(8,9)6-4-2-1-3-5-6/h4-7H,1,8H2,2-3H3;1-5H,(H,7,8,9)/q+1;/p-1. The molecule has 1 aromatic carbocycles. The van der Waals surface area contributed by atoms with Gasteiger partial charge in [0.05, 0.1) is 4.90 Å². The SMILES string of the molecule is C=C(C)C[n+]1ccc(C(C)=O)cc1.O=S(=O)([O-])c1ccccc1. The zero-order chi connectivity index (χ0) is 17.5. The molecule has 0 bridgehead atoms. The molecule has 0 N–H and O–H groups in total. The molecular formula is C17H19NO4S. The molecule has 2 aromatic rings. The zero-order valence-electron chi connectivity index (χ0n) is 13.1. The van der Waals surface area contributed by atoms with Gasteiger partial charge in [-0.3, -0.25) is 4.79 Å². The normalized spacial score (nSPS) is 10.4. The Balaban J connectivity index is 0.000000238. The van der Waals surface area contributed by atoms with Gasteiger partial charge in [0.1, 0.15) is 10.1 Å². The highest BCUT2D eigenvalue weighted by Crippen LogP contribution is 2.05. The van der Waals surface area contributed by atoms with E-state index >= 15 is 0 Å². The fourth-order valence-electron chi connectivity index (χ4n) is 1.70. The molecule has 122 valence electrons. The molecule has 0 saturated heterocycles. The van der Waals surface area contributed by atoms with Crippen molar-refractivity contribution in [3.8, 4) is 0 Å². The lowest BCUT2D eigenvalue weighted by Gasteiger charge is -2.04. The molecule has 1 heterocycles. The van der Waals surface area contributed by atoms with Gasteiger partial charge in [0, 0.05) is 17.7 Å². The number of pyridine rings is 1. The summed E-state index contributed by atoms with van der Waals surface area (Å²) in [6.07, 6.45) is 3.79. The molecule has 1 aromatic heterocycles. The quantitative estimate of drug-likeness (QED) is 0.372. The maximum atomic E-state index is 11.0. The number of allylic oxidation sites excluding steroid dienone is 1. The van der Waals surface area contributed by atoms with Gasteiger partial charge in [-0.1, -0.05) is 24.8 Å². The van der Waals surface area contributed by atoms with Gasteiger partial charge in [0.25, 0.3) is 0 Å². The third-order valence-electron chi connectivity index (χ3n) is 2.78. The minimum Gasteiger partial charge on any atom is -0.744 e. The Kier molecular flexibility index (Phi) is 6.81. The summed E-state index contributed by atoms with van der Waals surface area (Å²) in [5.74, 6) is 0.0995. The maximum absolute atomic E-state index is 11.0. The van der Waals surface area contributed by atoms with Crippen molar-refractivity contribution >= 4 is 15.9 Å². The lowest BCUT2D eigenvalue weighted by molar-refractivity contribution is -0.689. The number of rotatable bonds is 4. The van der Waals surface area contributed by atoms with Crippen molar-refractivity contribution in [2.75, 3.05) is 0 Å². The number of Topliss-reactive ketones (excluding diaryl/α,β-unsaturated/α-hetero) is 1. The van der Waals surface area contributed by atoms with Crippen molar-refractivity contribution in [1.82, 2.24) is 0 Å². The zero-order valence-corrected chi connectivity index (χ0v) is 13.9. The molecule has 2 rings (SSSR count). The molecule has 0 unspecified atom stereocenters. The van der Waals surface area contributed by atoms with E-state index in [4.69, 9.17) is 0 Å². The summed E-state index contributed by atoms with van der Waals surface area (Å²) >= 11 is 0. The highest BCUT2D eigenvalue weighted by atomic mass is 32.2. The predicted octanol–water partition coefficient (Wildman–Crippen LogP) is 2.34. The van der Waals surface area contributed by atoms with E-state index in [1.54, 1.807) is 13.0 Å². The molecule has 0 amide bonds. The number of ketones is 1. The molecule has 0 atom stereocenters. The number of nitrogens with zero attached hydrogens (tertiary/aromatic N) is 1. The van der Waals surface area contributed by atoms with E-state index in [9.17, 15) is 17.8 Å². The molecule has 0 spiro atoms. The summed E-state index contributed by atoms with van der Waals surface area (Å²) in [5, 5.41) is 0. The van der Waals surface area contributed by atoms with E-state index in [2.05, 4.69) is 6.58 Å². The molecule has 0 fully saturated rings. The number of hydrogen-bond donors (Lipinski definition) is 0. The third-order valence-corrected chi connectivity index (χ3v) is 3.63. The molecule has 6 heteroatoms. The van der Waals surface area contributed by atoms with Crippen molar-refractivity contribution in [3.05, 3.63) is 72.6 Å². The molecular weight excluding hydrogens is 314 g/mol. The number of aromatic nitrogens is 1. The van der Waals surface area contributed by atoms with Gasteiger partial charge < -0.3 is 4.55 Å². The van der Waals surface area contributed by atoms with Crippen LogP contribution in [-0.2, 0) is 16.7 Å². The average Bonchev–Trinajstić information content (AvgIpc) is 2.48. The predicted molar refractivity (Wildman–Crippen MR) is 85.9 cm³/mol. The molecule has 23 heavy (non-hydrogen) atoms. The molecule has 0 saturated carbocycles. The van der Waals surface area contributed by atoms with Crippen LogP contribution >= 0.6 is 0 Å². The monoisotopic (exact) mass is 333 g/mol. The number of benzene rings is 1. The number of hydrogen-bond acceptors (Lipinski definition) is 4. The summed E-state index contributed by atoms with van der Waals surface area (Å²) in [6, 6.07) is 10.8. The smallest absolute Gasteiger partial charge is 0.169 e. The second-order valence-corrected chi connectivity index (χ2v) is 6.42. The average molecular weight is 333 g/mol. The summed E-state index contributed by atoms with van der Waals surface area (Å²) in [4.78, 5) is 10.8. The van der Waals surface area contributed by atoms with Gasteiger partial charge in [-0.2, -0.15) is 0 Å². The first-order chi connectivity index (χ1) is 10.7. The number of carbonyl (C=O) groups excluding carboxylic acids is 1. The first-order valence-corrected chi connectivity index (χ1v) is 8.26. The van der Waals surface area contributed by atoms with Crippen LogP contribution < -0.4 is 4.57 Å². The first-order valence-electron chi connectivity index (χ1n) is 6.85. The molecule has 0 aliphatic rings. The van der Waals surface area contributed by atoms with Crippen molar-refractivity contribution < 1.29 is 22.3 Å². The van der Waals surface area contributed by atoms with Gasteiger partial charge in [-0.05, 0) is 31.6 Å². The Morgan fingerprint density at radius 1 is 1.09 bits per heavy atom. The van der Waals surface area contributed by atoms with Crippen LogP contribution in [0.25, 0.3) is 0 Å². The minimum absolute atomic E-state index is 0.0995. The van der Waals surface area contributed by atoms with Crippen LogP contribution in [0.5, 0.6) is 0 Å². The van der Waals surface area contributed by atoms with Gasteiger partial charge in [0.15, 0.2) is 24.7 Å². The van der Waals surface area contributed by atoms with Crippen molar-refractivity contribution in [2.45, 2.75) is 25.3 Å². The van der Waals surface area contributed by atoms with E-state index in [-0.39, 0.29) is 10.7 Å². The molecule has 0 radical (unpaired) electrons. The summed E-state index contributed by atoms with van der Waals surface area (Å²) in [5.41, 5.74) is 1.85.